The van der Waals surface area contributed by atoms with Crippen molar-refractivity contribution in [2.75, 3.05) is 5.73 Å². The van der Waals surface area contributed by atoms with Gasteiger partial charge in [-0.2, -0.15) is 5.10 Å². The summed E-state index contributed by atoms with van der Waals surface area (Å²) < 4.78 is 1.38. The Morgan fingerprint density at radius 1 is 1.33 bits per heavy atom. The Morgan fingerprint density at radius 2 is 2.07 bits per heavy atom. The average Bonchev–Trinajstić information content (AvgIpc) is 2.65. The summed E-state index contributed by atoms with van der Waals surface area (Å²) >= 11 is 0. The van der Waals surface area contributed by atoms with Gasteiger partial charge in [0.25, 0.3) is 5.69 Å². The van der Waals surface area contributed by atoms with Crippen LogP contribution in [0.1, 0.15) is 0 Å². The highest BCUT2D eigenvalue weighted by molar-refractivity contribution is 5.52. The summed E-state index contributed by atoms with van der Waals surface area (Å²) in [4.78, 5) is 10.3. The van der Waals surface area contributed by atoms with Gasteiger partial charge in [0, 0.05) is 18.3 Å². The van der Waals surface area contributed by atoms with Gasteiger partial charge in [-0.3, -0.25) is 10.1 Å². The zero-order chi connectivity index (χ0) is 10.8. The summed E-state index contributed by atoms with van der Waals surface area (Å²) in [6.45, 7) is 0. The van der Waals surface area contributed by atoms with Crippen molar-refractivity contribution >= 4 is 11.5 Å². The molecular weight excluding hydrogens is 196 g/mol. The van der Waals surface area contributed by atoms with Crippen LogP contribution in [0.25, 0.3) is 5.69 Å². The number of hydrogen-bond acceptors (Lipinski definition) is 4. The van der Waals surface area contributed by atoms with Gasteiger partial charge in [0.15, 0.2) is 0 Å². The van der Waals surface area contributed by atoms with E-state index in [1.54, 1.807) is 30.5 Å². The fourth-order valence-electron chi connectivity index (χ4n) is 1.28. The van der Waals surface area contributed by atoms with E-state index in [-0.39, 0.29) is 5.69 Å². The summed E-state index contributed by atoms with van der Waals surface area (Å²) in [6.07, 6.45) is 1.58. The number of rotatable bonds is 2. The molecule has 0 aliphatic carbocycles. The van der Waals surface area contributed by atoms with Crippen LogP contribution in [0.15, 0.2) is 36.5 Å². The van der Waals surface area contributed by atoms with E-state index in [2.05, 4.69) is 5.10 Å². The van der Waals surface area contributed by atoms with Crippen molar-refractivity contribution in [2.24, 2.45) is 0 Å². The quantitative estimate of drug-likeness (QED) is 0.591. The molecule has 0 spiro atoms. The second-order valence-electron chi connectivity index (χ2n) is 2.93. The summed E-state index contributed by atoms with van der Waals surface area (Å²) in [5, 5.41) is 14.6. The minimum absolute atomic E-state index is 0.000556. The molecule has 1 aromatic heterocycles. The first-order valence-corrected chi connectivity index (χ1v) is 4.23. The topological polar surface area (TPSA) is 87.0 Å². The zero-order valence-electron chi connectivity index (χ0n) is 7.70. The van der Waals surface area contributed by atoms with Gasteiger partial charge in [-0.25, -0.2) is 4.68 Å². The third-order valence-corrected chi connectivity index (χ3v) is 1.93. The molecule has 0 amide bonds. The molecule has 0 unspecified atom stereocenters. The van der Waals surface area contributed by atoms with Gasteiger partial charge in [-0.1, -0.05) is 12.1 Å². The van der Waals surface area contributed by atoms with E-state index in [4.69, 9.17) is 5.73 Å². The molecule has 0 radical (unpaired) electrons. The molecule has 0 aliphatic heterocycles. The highest BCUT2D eigenvalue weighted by Crippen LogP contribution is 2.21. The lowest BCUT2D eigenvalue weighted by Crippen LogP contribution is -2.00. The Morgan fingerprint density at radius 3 is 2.67 bits per heavy atom. The summed E-state index contributed by atoms with van der Waals surface area (Å²) in [6, 6.07) is 7.93. The summed E-state index contributed by atoms with van der Waals surface area (Å²) in [7, 11) is 0. The number of nitrogens with zero attached hydrogens (tertiary/aromatic N) is 3. The van der Waals surface area contributed by atoms with Crippen molar-refractivity contribution < 1.29 is 4.92 Å². The number of hydrogen-bond donors (Lipinski definition) is 1. The number of nitro groups is 1. The van der Waals surface area contributed by atoms with Crippen molar-refractivity contribution in [1.82, 2.24) is 9.78 Å². The molecule has 0 fully saturated rings. The molecule has 76 valence electrons. The van der Waals surface area contributed by atoms with E-state index in [0.29, 0.717) is 11.5 Å². The SMILES string of the molecule is Nc1ccn(-c2ccccc2[N+](=O)[O-])n1. The third-order valence-electron chi connectivity index (χ3n) is 1.93. The highest BCUT2D eigenvalue weighted by Gasteiger charge is 2.14. The van der Waals surface area contributed by atoms with Crippen LogP contribution < -0.4 is 5.73 Å². The predicted octanol–water partition coefficient (Wildman–Crippen LogP) is 1.36. The zero-order valence-corrected chi connectivity index (χ0v) is 7.70. The van der Waals surface area contributed by atoms with Gasteiger partial charge in [-0.05, 0) is 6.07 Å². The molecule has 1 aromatic carbocycles. The number of benzene rings is 1. The van der Waals surface area contributed by atoms with Crippen molar-refractivity contribution in [3.63, 3.8) is 0 Å². The number of anilines is 1. The van der Waals surface area contributed by atoms with Crippen LogP contribution >= 0.6 is 0 Å². The van der Waals surface area contributed by atoms with Crippen LogP contribution in [0.5, 0.6) is 0 Å². The lowest BCUT2D eigenvalue weighted by Gasteiger charge is -2.01. The van der Waals surface area contributed by atoms with E-state index in [1.165, 1.54) is 10.7 Å². The number of nitrogen functional groups attached to an aromatic ring is 1. The summed E-state index contributed by atoms with van der Waals surface area (Å²) in [5.41, 5.74) is 5.84. The molecule has 2 aromatic rings. The molecule has 6 nitrogen and oxygen atoms in total. The monoisotopic (exact) mass is 204 g/mol. The van der Waals surface area contributed by atoms with Gasteiger partial charge in [-0.15, -0.1) is 0 Å². The molecule has 6 heteroatoms. The van der Waals surface area contributed by atoms with Crippen LogP contribution in [0.3, 0.4) is 0 Å². The van der Waals surface area contributed by atoms with Crippen molar-refractivity contribution in [2.45, 2.75) is 0 Å². The molecule has 0 saturated carbocycles. The van der Waals surface area contributed by atoms with Crippen molar-refractivity contribution in [3.05, 3.63) is 46.6 Å². The summed E-state index contributed by atoms with van der Waals surface area (Å²) in [5.74, 6) is 0.327. The number of para-hydroxylation sites is 2. The van der Waals surface area contributed by atoms with Crippen LogP contribution in [0, 0.1) is 10.1 Å². The Hall–Kier alpha value is -2.37. The van der Waals surface area contributed by atoms with E-state index in [9.17, 15) is 10.1 Å². The maximum atomic E-state index is 10.7. The lowest BCUT2D eigenvalue weighted by atomic mass is 10.3. The first kappa shape index (κ1) is 9.20. The van der Waals surface area contributed by atoms with Crippen LogP contribution in [-0.4, -0.2) is 14.7 Å². The van der Waals surface area contributed by atoms with Crippen LogP contribution in [0.2, 0.25) is 0 Å². The number of aromatic nitrogens is 2. The molecule has 2 N–H and O–H groups in total. The van der Waals surface area contributed by atoms with Gasteiger partial charge in [0.1, 0.15) is 11.5 Å². The van der Waals surface area contributed by atoms with E-state index in [1.807, 2.05) is 0 Å². The van der Waals surface area contributed by atoms with Gasteiger partial charge >= 0.3 is 0 Å². The fourth-order valence-corrected chi connectivity index (χ4v) is 1.28. The highest BCUT2D eigenvalue weighted by atomic mass is 16.6. The Kier molecular flexibility index (Phi) is 2.09. The second-order valence-corrected chi connectivity index (χ2v) is 2.93. The molecule has 0 bridgehead atoms. The molecular formula is C9H8N4O2. The standard InChI is InChI=1S/C9H8N4O2/c10-9-5-6-12(11-9)7-3-1-2-4-8(7)13(14)15/h1-6H,(H2,10,11). The third kappa shape index (κ3) is 1.64. The van der Waals surface area contributed by atoms with Gasteiger partial charge in [0.2, 0.25) is 0 Å². The molecule has 2 rings (SSSR count). The minimum atomic E-state index is -0.451. The maximum Gasteiger partial charge on any atom is 0.294 e. The average molecular weight is 204 g/mol. The van der Waals surface area contributed by atoms with Crippen LogP contribution in [-0.2, 0) is 0 Å². The first-order chi connectivity index (χ1) is 7.18. The largest absolute Gasteiger partial charge is 0.382 e. The Labute approximate surface area is 85.1 Å². The number of nitro benzene ring substituents is 1. The Bertz CT molecular complexity index is 506. The van der Waals surface area contributed by atoms with E-state index in [0.717, 1.165) is 0 Å². The number of nitrogens with two attached hydrogens (primary N) is 1. The van der Waals surface area contributed by atoms with Crippen molar-refractivity contribution in [1.29, 1.82) is 0 Å². The molecule has 0 atom stereocenters. The van der Waals surface area contributed by atoms with Crippen molar-refractivity contribution in [3.8, 4) is 5.69 Å². The molecule has 0 saturated heterocycles. The lowest BCUT2D eigenvalue weighted by molar-refractivity contribution is -0.384. The first-order valence-electron chi connectivity index (χ1n) is 4.23. The second kappa shape index (κ2) is 3.41. The van der Waals surface area contributed by atoms with Gasteiger partial charge < -0.3 is 5.73 Å². The maximum absolute atomic E-state index is 10.7. The minimum Gasteiger partial charge on any atom is -0.382 e. The van der Waals surface area contributed by atoms with E-state index < -0.39 is 4.92 Å². The normalized spacial score (nSPS) is 10.1. The molecule has 15 heavy (non-hydrogen) atoms. The molecule has 0 aliphatic rings. The fraction of sp³-hybridized carbons (Fsp3) is 0. The predicted molar refractivity (Wildman–Crippen MR) is 54.6 cm³/mol. The Balaban J connectivity index is 2.57. The smallest absolute Gasteiger partial charge is 0.294 e. The van der Waals surface area contributed by atoms with Gasteiger partial charge in [0.05, 0.1) is 4.92 Å². The molecule has 1 heterocycles. The van der Waals surface area contributed by atoms with E-state index >= 15 is 0 Å². The van der Waals surface area contributed by atoms with Crippen LogP contribution in [0.4, 0.5) is 11.5 Å².